The smallest absolute Gasteiger partial charge is 0.272 e. The predicted molar refractivity (Wildman–Crippen MR) is 115 cm³/mol. The van der Waals surface area contributed by atoms with Crippen molar-refractivity contribution in [3.63, 3.8) is 0 Å². The monoisotopic (exact) mass is 422 g/mol. The van der Waals surface area contributed by atoms with E-state index >= 15 is 0 Å². The van der Waals surface area contributed by atoms with Gasteiger partial charge in [0.2, 0.25) is 0 Å². The Morgan fingerprint density at radius 1 is 1.23 bits per heavy atom. The Kier molecular flexibility index (Phi) is 4.88. The predicted octanol–water partition coefficient (Wildman–Crippen LogP) is 1.96. The average Bonchev–Trinajstić information content (AvgIpc) is 2.73. The molecule has 2 aromatic rings. The van der Waals surface area contributed by atoms with E-state index in [2.05, 4.69) is 11.6 Å². The molecule has 0 spiro atoms. The minimum Gasteiger partial charge on any atom is -0.482 e. The summed E-state index contributed by atoms with van der Waals surface area (Å²) in [6.07, 6.45) is 1.60. The van der Waals surface area contributed by atoms with Crippen molar-refractivity contribution in [1.82, 2.24) is 4.98 Å². The summed E-state index contributed by atoms with van der Waals surface area (Å²) in [6.45, 7) is 6.88. The first-order valence-electron chi connectivity index (χ1n) is 9.70. The van der Waals surface area contributed by atoms with Crippen molar-refractivity contribution in [2.24, 2.45) is 0 Å². The SMILES string of the molecule is C=CCN1C(=O)COc2ccc(C(=O)CN3C(=O)C(C)(C)Oc4ccc(N)nc43)cc21. The number of anilines is 3. The summed E-state index contributed by atoms with van der Waals surface area (Å²) >= 11 is 0. The maximum atomic E-state index is 13.1. The number of Topliss-reactive ketones (excluding diaryl/α,β-unsaturated/α-hetero) is 1. The van der Waals surface area contributed by atoms with E-state index < -0.39 is 11.5 Å². The third kappa shape index (κ3) is 3.58. The molecule has 9 heteroatoms. The van der Waals surface area contributed by atoms with Crippen LogP contribution in [0.4, 0.5) is 17.3 Å². The Hall–Kier alpha value is -3.88. The van der Waals surface area contributed by atoms with Crippen LogP contribution in [0.2, 0.25) is 0 Å². The number of aromatic nitrogens is 1. The highest BCUT2D eigenvalue weighted by Crippen LogP contribution is 2.37. The van der Waals surface area contributed by atoms with E-state index in [9.17, 15) is 14.4 Å². The van der Waals surface area contributed by atoms with Gasteiger partial charge in [0.25, 0.3) is 11.8 Å². The second kappa shape index (κ2) is 7.42. The summed E-state index contributed by atoms with van der Waals surface area (Å²) in [5.41, 5.74) is 5.43. The van der Waals surface area contributed by atoms with Gasteiger partial charge < -0.3 is 20.1 Å². The number of carbonyl (C=O) groups is 3. The van der Waals surface area contributed by atoms with Crippen LogP contribution in [0, 0.1) is 0 Å². The first-order valence-corrected chi connectivity index (χ1v) is 9.70. The van der Waals surface area contributed by atoms with Crippen LogP contribution < -0.4 is 25.0 Å². The zero-order valence-corrected chi connectivity index (χ0v) is 17.3. The summed E-state index contributed by atoms with van der Waals surface area (Å²) in [4.78, 5) is 45.3. The fourth-order valence-corrected chi connectivity index (χ4v) is 3.55. The number of carbonyl (C=O) groups excluding carboxylic acids is 3. The molecule has 1 aromatic heterocycles. The number of hydrogen-bond acceptors (Lipinski definition) is 7. The number of ether oxygens (including phenoxy) is 2. The van der Waals surface area contributed by atoms with E-state index in [4.69, 9.17) is 15.2 Å². The quantitative estimate of drug-likeness (QED) is 0.578. The van der Waals surface area contributed by atoms with Gasteiger partial charge in [0.15, 0.2) is 29.6 Å². The lowest BCUT2D eigenvalue weighted by Crippen LogP contribution is -2.54. The number of amides is 2. The van der Waals surface area contributed by atoms with Gasteiger partial charge in [-0.1, -0.05) is 6.08 Å². The molecular formula is C22H22N4O5. The van der Waals surface area contributed by atoms with Gasteiger partial charge >= 0.3 is 0 Å². The van der Waals surface area contributed by atoms with Crippen molar-refractivity contribution in [2.45, 2.75) is 19.4 Å². The Morgan fingerprint density at radius 3 is 2.71 bits per heavy atom. The van der Waals surface area contributed by atoms with E-state index in [-0.39, 0.29) is 36.5 Å². The number of benzene rings is 1. The number of rotatable bonds is 5. The molecule has 0 saturated heterocycles. The van der Waals surface area contributed by atoms with Gasteiger partial charge in [0.05, 0.1) is 12.2 Å². The Labute approximate surface area is 179 Å². The zero-order valence-electron chi connectivity index (χ0n) is 17.3. The molecule has 0 unspecified atom stereocenters. The molecule has 0 atom stereocenters. The fourth-order valence-electron chi connectivity index (χ4n) is 3.55. The molecule has 9 nitrogen and oxygen atoms in total. The van der Waals surface area contributed by atoms with E-state index in [1.165, 1.54) is 9.80 Å². The summed E-state index contributed by atoms with van der Waals surface area (Å²) in [7, 11) is 0. The fraction of sp³-hybridized carbons (Fsp3) is 0.273. The molecule has 0 aliphatic carbocycles. The van der Waals surface area contributed by atoms with Gasteiger partial charge in [-0.2, -0.15) is 0 Å². The molecule has 0 radical (unpaired) electrons. The van der Waals surface area contributed by atoms with Gasteiger partial charge in [-0.25, -0.2) is 4.98 Å². The summed E-state index contributed by atoms with van der Waals surface area (Å²) in [5, 5.41) is 0. The number of nitrogens with two attached hydrogens (primary N) is 1. The van der Waals surface area contributed by atoms with Crippen LogP contribution in [-0.2, 0) is 9.59 Å². The van der Waals surface area contributed by atoms with E-state index in [1.54, 1.807) is 50.3 Å². The lowest BCUT2D eigenvalue weighted by atomic mass is 10.0. The molecule has 160 valence electrons. The molecule has 0 bridgehead atoms. The molecule has 2 N–H and O–H groups in total. The highest BCUT2D eigenvalue weighted by Gasteiger charge is 2.42. The van der Waals surface area contributed by atoms with Crippen molar-refractivity contribution in [3.05, 3.63) is 48.6 Å². The van der Waals surface area contributed by atoms with Crippen molar-refractivity contribution in [1.29, 1.82) is 0 Å². The van der Waals surface area contributed by atoms with Crippen molar-refractivity contribution in [2.75, 3.05) is 35.2 Å². The van der Waals surface area contributed by atoms with Crippen LogP contribution in [0.3, 0.4) is 0 Å². The largest absolute Gasteiger partial charge is 0.482 e. The number of pyridine rings is 1. The third-order valence-electron chi connectivity index (χ3n) is 5.08. The zero-order chi connectivity index (χ0) is 22.3. The topological polar surface area (TPSA) is 115 Å². The first kappa shape index (κ1) is 20.4. The van der Waals surface area contributed by atoms with Gasteiger partial charge in [0, 0.05) is 12.1 Å². The highest BCUT2D eigenvalue weighted by molar-refractivity contribution is 6.10. The molecule has 2 aliphatic rings. The van der Waals surface area contributed by atoms with Crippen LogP contribution >= 0.6 is 0 Å². The Morgan fingerprint density at radius 2 is 1.97 bits per heavy atom. The summed E-state index contributed by atoms with van der Waals surface area (Å²) in [5.74, 6) is 0.307. The molecule has 1 aromatic carbocycles. The van der Waals surface area contributed by atoms with Gasteiger partial charge in [-0.3, -0.25) is 19.3 Å². The normalized spacial score (nSPS) is 16.7. The van der Waals surface area contributed by atoms with Gasteiger partial charge in [0.1, 0.15) is 11.6 Å². The average molecular weight is 422 g/mol. The van der Waals surface area contributed by atoms with Crippen LogP contribution in [0.15, 0.2) is 43.0 Å². The van der Waals surface area contributed by atoms with Crippen LogP contribution in [0.25, 0.3) is 0 Å². The number of hydrogen-bond donors (Lipinski definition) is 1. The lowest BCUT2D eigenvalue weighted by Gasteiger charge is -2.37. The summed E-state index contributed by atoms with van der Waals surface area (Å²) in [6, 6.07) is 8.02. The standard InChI is InChI=1S/C22H22N4O5/c1-4-9-25-14-10-13(5-6-16(14)30-12-19(25)28)15(27)11-26-20-17(7-8-18(23)24-20)31-22(2,3)21(26)29/h4-8,10H,1,9,11-12H2,2-3H3,(H2,23,24). The second-order valence-corrected chi connectivity index (χ2v) is 7.75. The van der Waals surface area contributed by atoms with Crippen LogP contribution in [0.1, 0.15) is 24.2 Å². The van der Waals surface area contributed by atoms with Crippen LogP contribution in [-0.4, -0.2) is 47.9 Å². The molecule has 0 saturated carbocycles. The molecule has 2 aliphatic heterocycles. The Bertz CT molecular complexity index is 1110. The number of ketones is 1. The van der Waals surface area contributed by atoms with E-state index in [0.29, 0.717) is 29.3 Å². The Balaban J connectivity index is 1.67. The highest BCUT2D eigenvalue weighted by atomic mass is 16.5. The van der Waals surface area contributed by atoms with Gasteiger partial charge in [-0.15, -0.1) is 6.58 Å². The number of fused-ring (bicyclic) bond motifs is 2. The molecule has 2 amide bonds. The molecule has 0 fully saturated rings. The lowest BCUT2D eigenvalue weighted by molar-refractivity contribution is -0.132. The molecular weight excluding hydrogens is 400 g/mol. The van der Waals surface area contributed by atoms with Crippen molar-refractivity contribution in [3.8, 4) is 11.5 Å². The third-order valence-corrected chi connectivity index (χ3v) is 5.08. The minimum atomic E-state index is -1.16. The van der Waals surface area contributed by atoms with Gasteiger partial charge in [-0.05, 0) is 44.2 Å². The van der Waals surface area contributed by atoms with E-state index in [0.717, 1.165) is 0 Å². The maximum absolute atomic E-state index is 13.1. The molecule has 4 rings (SSSR count). The van der Waals surface area contributed by atoms with E-state index in [1.807, 2.05) is 0 Å². The summed E-state index contributed by atoms with van der Waals surface area (Å²) < 4.78 is 11.2. The van der Waals surface area contributed by atoms with Crippen molar-refractivity contribution < 1.29 is 23.9 Å². The first-order chi connectivity index (χ1) is 14.7. The maximum Gasteiger partial charge on any atom is 0.272 e. The van der Waals surface area contributed by atoms with Crippen LogP contribution in [0.5, 0.6) is 11.5 Å². The molecule has 3 heterocycles. The number of nitrogens with zero attached hydrogens (tertiary/aromatic N) is 3. The molecule has 31 heavy (non-hydrogen) atoms. The second-order valence-electron chi connectivity index (χ2n) is 7.75. The minimum absolute atomic E-state index is 0.0740. The number of nitrogen functional groups attached to an aromatic ring is 1. The van der Waals surface area contributed by atoms with Crippen molar-refractivity contribution >= 4 is 34.9 Å².